The molecule has 2 amide bonds. The Morgan fingerprint density at radius 1 is 0.556 bits per heavy atom. The lowest BCUT2D eigenvalue weighted by molar-refractivity contribution is -0.394. The van der Waals surface area contributed by atoms with Crippen molar-refractivity contribution < 1.29 is 90.6 Å². The number of hydrogen-bond donors (Lipinski definition) is 5. The Hall–Kier alpha value is -2.63. The molecule has 1 aromatic carbocycles. The molecule has 0 saturated carbocycles. The van der Waals surface area contributed by atoms with Crippen molar-refractivity contribution in [1.82, 2.24) is 10.6 Å². The van der Waals surface area contributed by atoms with Gasteiger partial charge in [-0.2, -0.15) is 0 Å². The first-order valence-electron chi connectivity index (χ1n) is 41.1. The number of phosphoric ester groups is 1. The van der Waals surface area contributed by atoms with E-state index in [-0.39, 0.29) is 44.6 Å². The van der Waals surface area contributed by atoms with Crippen molar-refractivity contribution >= 4 is 113 Å². The first kappa shape index (κ1) is 101. The van der Waals surface area contributed by atoms with Crippen LogP contribution in [0.25, 0.3) is 0 Å². The molecule has 1 aromatic rings. The second-order valence-corrected chi connectivity index (χ2v) is 35.7. The molecule has 0 radical (unpaired) electrons. The van der Waals surface area contributed by atoms with Crippen molar-refractivity contribution in [2.24, 2.45) is 0 Å². The molecule has 1 heterocycles. The van der Waals surface area contributed by atoms with Gasteiger partial charge >= 0.3 is 38.0 Å². The minimum Gasteiger partial charge on any atom is -0.466 e. The van der Waals surface area contributed by atoms with E-state index in [2.05, 4.69) is 31.4 Å². The van der Waals surface area contributed by atoms with Gasteiger partial charge in [-0.3, -0.25) is 23.7 Å². The van der Waals surface area contributed by atoms with Crippen LogP contribution in [-0.4, -0.2) is 126 Å². The Kier molecular flexibility index (Phi) is 56.3. The zero-order valence-corrected chi connectivity index (χ0v) is 71.4. The summed E-state index contributed by atoms with van der Waals surface area (Å²) in [5, 5.41) is 18.1. The van der Waals surface area contributed by atoms with Gasteiger partial charge in [0.2, 0.25) is 13.5 Å². The molecule has 1 saturated heterocycles. The van der Waals surface area contributed by atoms with Gasteiger partial charge in [-0.1, -0.05) is 358 Å². The van der Waals surface area contributed by atoms with Crippen LogP contribution < -0.4 is 10.6 Å². The number of alkyl carbamates (subject to hydrolysis) is 1. The van der Waals surface area contributed by atoms with Gasteiger partial charge in [-0.05, 0) is 70.8 Å². The number of halogens is 6. The van der Waals surface area contributed by atoms with Crippen molar-refractivity contribution in [2.45, 2.75) is 405 Å². The standard InChI is InChI=1S/C80H137Cl6N2O19P/c1-6-9-12-15-18-21-24-29-34-39-47-55-69(90)99-60-50-42-37-32-27-23-26-31-36-41-49-57-71(92)105-79(102-62-65-52-44-43-45-53-65)72(107-108(96,97)98)67(63-100-75(95)106-76(4,5)80(84,85)86)104-73(93)77(79,88-74(94)101-64-78(81,82)83)58-51-59-87-68(89)61-66(54-46-38-33-28-20-17-14-11-8-3)103-70(91)56-48-40-35-30-25-22-19-16-13-10-7-2/h43-45,52-53,66-67,72-73,93H,6-42,46-51,54-64H2,1-5H3,(H,87,89)(H,88,94)(H2,96,97,98)/t66-,67-,72-,73-,77?,79+/m1/s1. The Morgan fingerprint density at radius 2 is 0.991 bits per heavy atom. The zero-order valence-electron chi connectivity index (χ0n) is 66.0. The highest BCUT2D eigenvalue weighted by molar-refractivity contribution is 7.46. The van der Waals surface area contributed by atoms with E-state index in [0.29, 0.717) is 44.3 Å². The van der Waals surface area contributed by atoms with Crippen LogP contribution in [0.15, 0.2) is 30.3 Å². The van der Waals surface area contributed by atoms with Crippen LogP contribution >= 0.6 is 77.4 Å². The molecule has 628 valence electrons. The monoisotopic (exact) mass is 1670 g/mol. The lowest BCUT2D eigenvalue weighted by Gasteiger charge is -2.57. The van der Waals surface area contributed by atoms with E-state index in [1.165, 1.54) is 123 Å². The van der Waals surface area contributed by atoms with Crippen molar-refractivity contribution in [3.05, 3.63) is 35.9 Å². The number of alkyl halides is 6. The van der Waals surface area contributed by atoms with Gasteiger partial charge in [0.05, 0.1) is 19.6 Å². The van der Waals surface area contributed by atoms with Crippen LogP contribution in [0.2, 0.25) is 0 Å². The summed E-state index contributed by atoms with van der Waals surface area (Å²) in [6, 6.07) is 8.20. The molecule has 6 atom stereocenters. The summed E-state index contributed by atoms with van der Waals surface area (Å²) in [4.78, 5) is 104. The van der Waals surface area contributed by atoms with Crippen LogP contribution in [0, 0.1) is 0 Å². The van der Waals surface area contributed by atoms with Crippen molar-refractivity contribution in [3.63, 3.8) is 0 Å². The summed E-state index contributed by atoms with van der Waals surface area (Å²) >= 11 is 36.5. The van der Waals surface area contributed by atoms with E-state index in [1.807, 2.05) is 0 Å². The second-order valence-electron chi connectivity index (χ2n) is 29.7. The first-order valence-corrected chi connectivity index (χ1v) is 44.9. The van der Waals surface area contributed by atoms with Crippen LogP contribution in [0.3, 0.4) is 0 Å². The third kappa shape index (κ3) is 47.9. The summed E-state index contributed by atoms with van der Waals surface area (Å²) in [5.41, 5.74) is -4.27. The average Bonchev–Trinajstić information content (AvgIpc) is 0.708. The molecular weight excluding hydrogens is 1540 g/mol. The quantitative estimate of drug-likeness (QED) is 0.0101. The lowest BCUT2D eigenvalue weighted by atomic mass is 9.75. The summed E-state index contributed by atoms with van der Waals surface area (Å²) in [6.45, 7) is 6.73. The number of benzene rings is 1. The molecule has 1 aliphatic heterocycles. The average molecular weight is 1670 g/mol. The zero-order chi connectivity index (χ0) is 79.8. The Bertz CT molecular complexity index is 2590. The molecular formula is C80H137Cl6N2O19P. The molecule has 21 nitrogen and oxygen atoms in total. The largest absolute Gasteiger partial charge is 0.509 e. The number of ether oxygens (including phenoxy) is 8. The number of carbonyl (C=O) groups excluding carboxylic acids is 6. The highest BCUT2D eigenvalue weighted by atomic mass is 35.6. The number of esters is 3. The smallest absolute Gasteiger partial charge is 0.466 e. The number of amides is 2. The summed E-state index contributed by atoms with van der Waals surface area (Å²) < 4.78 is 61.5. The number of unbranched alkanes of at least 4 members (excludes halogenated alkanes) is 38. The minimum absolute atomic E-state index is 0.117. The highest BCUT2D eigenvalue weighted by Gasteiger charge is 2.72. The summed E-state index contributed by atoms with van der Waals surface area (Å²) in [6.07, 6.45) is 33.3. The molecule has 0 aliphatic carbocycles. The predicted octanol–water partition coefficient (Wildman–Crippen LogP) is 22.5. The number of rotatable bonds is 66. The van der Waals surface area contributed by atoms with Gasteiger partial charge in [-0.15, -0.1) is 0 Å². The number of phosphoric acid groups is 1. The number of aliphatic hydroxyl groups is 1. The molecule has 5 N–H and O–H groups in total. The van der Waals surface area contributed by atoms with E-state index in [4.69, 9.17) is 112 Å². The third-order valence-corrected chi connectivity index (χ3v) is 21.8. The Balaban J connectivity index is 2.43. The van der Waals surface area contributed by atoms with Crippen molar-refractivity contribution in [1.29, 1.82) is 0 Å². The maximum Gasteiger partial charge on any atom is 0.509 e. The number of nitrogens with one attached hydrogen (secondary N) is 2. The van der Waals surface area contributed by atoms with Gasteiger partial charge in [0, 0.05) is 25.8 Å². The summed E-state index contributed by atoms with van der Waals surface area (Å²) in [5.74, 6) is -5.24. The van der Waals surface area contributed by atoms with Crippen LogP contribution in [0.1, 0.15) is 355 Å². The van der Waals surface area contributed by atoms with Gasteiger partial charge in [0.1, 0.15) is 25.4 Å². The van der Waals surface area contributed by atoms with E-state index in [1.54, 1.807) is 30.3 Å². The van der Waals surface area contributed by atoms with E-state index < -0.39 is 113 Å². The fraction of sp³-hybridized carbons (Fsp3) is 0.850. The van der Waals surface area contributed by atoms with E-state index in [9.17, 15) is 48.2 Å². The molecule has 1 unspecified atom stereocenters. The maximum atomic E-state index is 14.9. The molecule has 28 heteroatoms. The molecule has 1 aliphatic rings. The number of aliphatic hydroxyl groups excluding tert-OH is 1. The molecule has 108 heavy (non-hydrogen) atoms. The summed E-state index contributed by atoms with van der Waals surface area (Å²) in [7, 11) is -5.87. The third-order valence-electron chi connectivity index (χ3n) is 19.6. The number of hydrogen-bond acceptors (Lipinski definition) is 17. The Morgan fingerprint density at radius 3 is 1.44 bits per heavy atom. The van der Waals surface area contributed by atoms with Gasteiger partial charge in [0.25, 0.3) is 5.79 Å². The minimum atomic E-state index is -5.87. The lowest BCUT2D eigenvalue weighted by Crippen LogP contribution is -2.82. The van der Waals surface area contributed by atoms with Crippen molar-refractivity contribution in [2.75, 3.05) is 26.4 Å². The van der Waals surface area contributed by atoms with Crippen LogP contribution in [0.5, 0.6) is 0 Å². The van der Waals surface area contributed by atoms with E-state index >= 15 is 0 Å². The molecule has 2 rings (SSSR count). The fourth-order valence-electron chi connectivity index (χ4n) is 13.2. The van der Waals surface area contributed by atoms with Crippen LogP contribution in [0.4, 0.5) is 9.59 Å². The first-order chi connectivity index (χ1) is 51.5. The van der Waals surface area contributed by atoms with Gasteiger partial charge in [-0.25, -0.2) is 14.2 Å². The fourth-order valence-corrected chi connectivity index (χ4v) is 14.1. The molecule has 0 spiro atoms. The number of carbonyl (C=O) groups is 6. The van der Waals surface area contributed by atoms with Crippen LogP contribution in [-0.2, 0) is 72.8 Å². The van der Waals surface area contributed by atoms with Gasteiger partial charge < -0.3 is 63.4 Å². The normalized spacial score (nSPS) is 17.9. The van der Waals surface area contributed by atoms with Crippen molar-refractivity contribution in [3.8, 4) is 0 Å². The Labute approximate surface area is 677 Å². The topological polar surface area (TPSA) is 287 Å². The maximum absolute atomic E-state index is 14.9. The SMILES string of the molecule is CCCCCCCCCCCCCC(=O)OCCCCCCCCCCCCCC(=O)O[C@@]1(OCc2ccccc2)[C@H](OP(=O)(O)O)[C@@H](COC(=O)OC(C)(C)C(Cl)(Cl)Cl)O[C@@H](O)C1(CCCNC(=O)C[C@@H](CCCCCCCCCCC)OC(=O)CCCCCCCCCCCCC)NC(=O)OCC(Cl)(Cl)Cl. The van der Waals surface area contributed by atoms with E-state index in [0.717, 1.165) is 135 Å². The molecule has 0 aromatic heterocycles. The molecule has 1 fully saturated rings. The van der Waals surface area contributed by atoms with Gasteiger partial charge in [0.15, 0.2) is 23.5 Å². The highest BCUT2D eigenvalue weighted by Crippen LogP contribution is 2.52. The second kappa shape index (κ2) is 60.0. The predicted molar refractivity (Wildman–Crippen MR) is 429 cm³/mol. The molecule has 0 bridgehead atoms.